The molecule has 1 aromatic carbocycles. The summed E-state index contributed by atoms with van der Waals surface area (Å²) < 4.78 is 43.9. The van der Waals surface area contributed by atoms with Crippen LogP contribution < -0.4 is 10.1 Å². The maximum atomic E-state index is 12.9. The number of alkyl halides is 3. The van der Waals surface area contributed by atoms with Gasteiger partial charge in [-0.2, -0.15) is 13.2 Å². The van der Waals surface area contributed by atoms with Gasteiger partial charge in [0.2, 0.25) is 0 Å². The number of carbonyl (C=O) groups is 3. The number of hydrogen-bond donors (Lipinski definition) is 1. The van der Waals surface area contributed by atoms with Crippen molar-refractivity contribution < 1.29 is 32.3 Å². The van der Waals surface area contributed by atoms with E-state index in [4.69, 9.17) is 39.5 Å². The smallest absolute Gasteiger partial charge is 0.430 e. The van der Waals surface area contributed by atoms with Crippen LogP contribution in [0.1, 0.15) is 5.56 Å². The van der Waals surface area contributed by atoms with Crippen LogP contribution in [0.4, 0.5) is 13.2 Å². The lowest BCUT2D eigenvalue weighted by Crippen LogP contribution is -2.56. The monoisotopic (exact) mass is 458 g/mol. The molecule has 0 fully saturated rings. The summed E-state index contributed by atoms with van der Waals surface area (Å²) in [7, 11) is 0. The Bertz CT molecular complexity index is 817. The Morgan fingerprint density at radius 1 is 1.21 bits per heavy atom. The van der Waals surface area contributed by atoms with Crippen LogP contribution in [0.2, 0.25) is 10.0 Å². The minimum Gasteiger partial charge on any atom is -0.483 e. The number of rotatable bonds is 7. The fourth-order valence-corrected chi connectivity index (χ4v) is 3.00. The third kappa shape index (κ3) is 5.16. The lowest BCUT2D eigenvalue weighted by molar-refractivity contribution is -0.123. The van der Waals surface area contributed by atoms with Crippen molar-refractivity contribution in [2.24, 2.45) is 0 Å². The molecular weight excluding hydrogens is 448 g/mol. The van der Waals surface area contributed by atoms with Gasteiger partial charge in [-0.05, 0) is 29.3 Å². The first-order valence-electron chi connectivity index (χ1n) is 7.58. The van der Waals surface area contributed by atoms with Crippen molar-refractivity contribution in [2.45, 2.75) is 24.9 Å². The molecule has 1 aromatic rings. The minimum absolute atomic E-state index is 0.0129. The lowest BCUT2D eigenvalue weighted by Gasteiger charge is -2.37. The van der Waals surface area contributed by atoms with E-state index in [-0.39, 0.29) is 34.9 Å². The fraction of sp³-hybridized carbons (Fsp3) is 0.312. The summed E-state index contributed by atoms with van der Waals surface area (Å²) >= 11 is 17.4. The average molecular weight is 460 g/mol. The van der Waals surface area contributed by atoms with Crippen molar-refractivity contribution in [3.63, 3.8) is 0 Å². The topological polar surface area (TPSA) is 75.7 Å². The normalized spacial score (nSPS) is 20.1. The molecule has 0 radical (unpaired) electrons. The molecule has 0 saturated carbocycles. The molecule has 12 heteroatoms. The zero-order valence-electron chi connectivity index (χ0n) is 13.8. The van der Waals surface area contributed by atoms with Crippen LogP contribution >= 0.6 is 34.8 Å². The number of hydrogen-bond acceptors (Lipinski definition) is 6. The summed E-state index contributed by atoms with van der Waals surface area (Å²) in [5.74, 6) is 0.0688. The fourth-order valence-electron chi connectivity index (χ4n) is 2.49. The first-order chi connectivity index (χ1) is 13.1. The van der Waals surface area contributed by atoms with Gasteiger partial charge in [-0.3, -0.25) is 14.5 Å². The van der Waals surface area contributed by atoms with E-state index in [1.807, 2.05) is 5.32 Å². The van der Waals surface area contributed by atoms with Crippen LogP contribution in [0.3, 0.4) is 0 Å². The second-order valence-corrected chi connectivity index (χ2v) is 6.77. The van der Waals surface area contributed by atoms with Crippen LogP contribution in [0.15, 0.2) is 23.9 Å². The van der Waals surface area contributed by atoms with E-state index >= 15 is 0 Å². The van der Waals surface area contributed by atoms with E-state index in [1.54, 1.807) is 0 Å². The molecule has 1 heterocycles. The maximum Gasteiger partial charge on any atom is 0.430 e. The summed E-state index contributed by atoms with van der Waals surface area (Å²) in [5.41, 5.74) is -0.864. The van der Waals surface area contributed by atoms with Gasteiger partial charge >= 0.3 is 6.18 Å². The second-order valence-electron chi connectivity index (χ2n) is 5.60. The molecule has 0 saturated heterocycles. The zero-order chi connectivity index (χ0) is 21.1. The molecule has 2 atom stereocenters. The number of ether oxygens (including phenoxy) is 1. The van der Waals surface area contributed by atoms with Gasteiger partial charge in [0.15, 0.2) is 12.9 Å². The molecule has 0 aliphatic carbocycles. The SMILES string of the molecule is O=CC1C=C(C(F)(F)F)NC(C=O)N1Cc1ccc(OCC(=O)Cl)c(Cl)c1Cl. The third-order valence-electron chi connectivity index (χ3n) is 3.78. The standard InChI is InChI=1S/C16H12Cl3F3N2O4/c17-12(27)7-28-10-2-1-8(14(18)15(10)19)4-24-9(5-25)3-11(16(20,21)22)23-13(24)6-26/h1-3,5-6,9,13,23H,4,7H2. The van der Waals surface area contributed by atoms with Crippen molar-refractivity contribution in [3.8, 4) is 5.75 Å². The molecule has 28 heavy (non-hydrogen) atoms. The van der Waals surface area contributed by atoms with E-state index in [9.17, 15) is 27.6 Å². The molecule has 152 valence electrons. The van der Waals surface area contributed by atoms with Gasteiger partial charge in [0.05, 0.1) is 11.1 Å². The lowest BCUT2D eigenvalue weighted by atomic mass is 10.1. The highest BCUT2D eigenvalue weighted by Crippen LogP contribution is 2.36. The molecule has 0 bridgehead atoms. The van der Waals surface area contributed by atoms with Crippen molar-refractivity contribution >= 4 is 52.6 Å². The van der Waals surface area contributed by atoms with Crippen molar-refractivity contribution in [2.75, 3.05) is 6.61 Å². The first kappa shape index (κ1) is 22.5. The van der Waals surface area contributed by atoms with Crippen LogP contribution in [0.25, 0.3) is 0 Å². The number of benzene rings is 1. The number of nitrogens with zero attached hydrogens (tertiary/aromatic N) is 1. The van der Waals surface area contributed by atoms with E-state index in [0.29, 0.717) is 11.6 Å². The van der Waals surface area contributed by atoms with Gasteiger partial charge < -0.3 is 14.8 Å². The second kappa shape index (κ2) is 9.13. The highest BCUT2D eigenvalue weighted by Gasteiger charge is 2.41. The predicted molar refractivity (Wildman–Crippen MR) is 95.3 cm³/mol. The predicted octanol–water partition coefficient (Wildman–Crippen LogP) is 3.08. The Kier molecular flexibility index (Phi) is 7.33. The number of halogens is 6. The Morgan fingerprint density at radius 3 is 2.43 bits per heavy atom. The van der Waals surface area contributed by atoms with Gasteiger partial charge in [0.1, 0.15) is 28.9 Å². The van der Waals surface area contributed by atoms with Crippen molar-refractivity contribution in [3.05, 3.63) is 39.5 Å². The molecule has 0 amide bonds. The highest BCUT2D eigenvalue weighted by molar-refractivity contribution is 6.63. The maximum absolute atomic E-state index is 12.9. The van der Waals surface area contributed by atoms with E-state index in [2.05, 4.69) is 0 Å². The Balaban J connectivity index is 2.31. The van der Waals surface area contributed by atoms with Crippen molar-refractivity contribution in [1.29, 1.82) is 0 Å². The summed E-state index contributed by atoms with van der Waals surface area (Å²) in [6.07, 6.45) is -4.96. The summed E-state index contributed by atoms with van der Waals surface area (Å²) in [6.45, 7) is -0.618. The number of carbonyl (C=O) groups excluding carboxylic acids is 3. The van der Waals surface area contributed by atoms with Crippen molar-refractivity contribution in [1.82, 2.24) is 10.2 Å². The number of nitrogens with one attached hydrogen (secondary N) is 1. The largest absolute Gasteiger partial charge is 0.483 e. The number of allylic oxidation sites excluding steroid dienone is 1. The highest BCUT2D eigenvalue weighted by atomic mass is 35.5. The summed E-state index contributed by atoms with van der Waals surface area (Å²) in [5, 5.41) is 1.21. The molecule has 1 N–H and O–H groups in total. The molecule has 1 aliphatic rings. The number of aldehydes is 2. The Hall–Kier alpha value is -1.81. The Morgan fingerprint density at radius 2 is 1.89 bits per heavy atom. The van der Waals surface area contributed by atoms with Gasteiger partial charge in [-0.25, -0.2) is 0 Å². The van der Waals surface area contributed by atoms with Gasteiger partial charge in [-0.1, -0.05) is 29.3 Å². The summed E-state index contributed by atoms with van der Waals surface area (Å²) in [4.78, 5) is 34.6. The van der Waals surface area contributed by atoms with Crippen LogP contribution in [-0.4, -0.2) is 47.7 Å². The molecular formula is C16H12Cl3F3N2O4. The summed E-state index contributed by atoms with van der Waals surface area (Å²) in [6, 6.07) is 1.49. The molecule has 1 aliphatic heterocycles. The molecule has 2 unspecified atom stereocenters. The zero-order valence-corrected chi connectivity index (χ0v) is 16.1. The van der Waals surface area contributed by atoms with Gasteiger partial charge in [-0.15, -0.1) is 0 Å². The third-order valence-corrected chi connectivity index (χ3v) is 4.79. The van der Waals surface area contributed by atoms with E-state index < -0.39 is 35.9 Å². The quantitative estimate of drug-likeness (QED) is 0.499. The Labute approximate surface area is 172 Å². The van der Waals surface area contributed by atoms with E-state index in [1.165, 1.54) is 17.0 Å². The average Bonchev–Trinajstić information content (AvgIpc) is 2.63. The van der Waals surface area contributed by atoms with Crippen LogP contribution in [0, 0.1) is 0 Å². The molecule has 6 nitrogen and oxygen atoms in total. The molecule has 2 rings (SSSR count). The van der Waals surface area contributed by atoms with Gasteiger partial charge in [0.25, 0.3) is 5.24 Å². The van der Waals surface area contributed by atoms with Gasteiger partial charge in [0, 0.05) is 6.54 Å². The van der Waals surface area contributed by atoms with Crippen LogP contribution in [0.5, 0.6) is 5.75 Å². The molecule has 0 spiro atoms. The molecule has 0 aromatic heterocycles. The van der Waals surface area contributed by atoms with E-state index in [0.717, 1.165) is 0 Å². The van der Waals surface area contributed by atoms with Crippen LogP contribution in [-0.2, 0) is 20.9 Å². The first-order valence-corrected chi connectivity index (χ1v) is 8.71. The minimum atomic E-state index is -4.74.